The van der Waals surface area contributed by atoms with Gasteiger partial charge in [-0.1, -0.05) is 57.9 Å². The monoisotopic (exact) mass is 518 g/mol. The van der Waals surface area contributed by atoms with E-state index in [0.29, 0.717) is 16.8 Å². The van der Waals surface area contributed by atoms with Crippen LogP contribution in [0.5, 0.6) is 5.75 Å². The van der Waals surface area contributed by atoms with Crippen LogP contribution in [0, 0.1) is 45.8 Å². The van der Waals surface area contributed by atoms with Gasteiger partial charge in [0.1, 0.15) is 11.9 Å². The van der Waals surface area contributed by atoms with Crippen LogP contribution in [-0.2, 0) is 0 Å². The number of nitrogen functional groups attached to an aromatic ring is 2. The van der Waals surface area contributed by atoms with Crippen LogP contribution in [0.4, 0.5) is 11.4 Å². The summed E-state index contributed by atoms with van der Waals surface area (Å²) in [5.74, 6) is 5.04. The zero-order valence-electron chi connectivity index (χ0n) is 25.3. The number of benzene rings is 1. The van der Waals surface area contributed by atoms with Crippen LogP contribution in [0.15, 0.2) is 41.5 Å². The smallest absolute Gasteiger partial charge is 0.142 e. The summed E-state index contributed by atoms with van der Waals surface area (Å²) < 4.78 is 6.63. The van der Waals surface area contributed by atoms with Crippen LogP contribution >= 0.6 is 0 Å². The van der Waals surface area contributed by atoms with Crippen molar-refractivity contribution >= 4 is 11.4 Å². The standard InChI is InChI=1S/C35H54N2O/c1-22(2)9-8-10-23(3)26-13-14-27-25-12-16-31-33(4,5)32(38-30-15-11-24(36)21-29(30)37)18-20-35(31,7)28(25)17-19-34(26,27)6/h9,11,15-16,21,23,25-28,32H,8,10,12-14,17-20,36-37H2,1-7H3/t23-,25+,26-,27+,28+,32?,34-,35-/m1/s1. The van der Waals surface area contributed by atoms with Crippen LogP contribution in [0.1, 0.15) is 106 Å². The number of hydrogen-bond acceptors (Lipinski definition) is 3. The summed E-state index contributed by atoms with van der Waals surface area (Å²) in [5, 5.41) is 0. The Hall–Kier alpha value is -1.90. The van der Waals surface area contributed by atoms with Crippen molar-refractivity contribution in [2.24, 2.45) is 45.8 Å². The predicted octanol–water partition coefficient (Wildman–Crippen LogP) is 9.20. The lowest BCUT2D eigenvalue weighted by Crippen LogP contribution is -2.55. The van der Waals surface area contributed by atoms with Crippen LogP contribution in [0.25, 0.3) is 0 Å². The Bertz CT molecular complexity index is 1100. The molecular weight excluding hydrogens is 464 g/mol. The van der Waals surface area contributed by atoms with Crippen molar-refractivity contribution in [3.8, 4) is 5.75 Å². The van der Waals surface area contributed by atoms with Gasteiger partial charge in [-0.25, -0.2) is 0 Å². The molecule has 0 radical (unpaired) electrons. The van der Waals surface area contributed by atoms with Crippen LogP contribution < -0.4 is 16.2 Å². The molecule has 38 heavy (non-hydrogen) atoms. The minimum absolute atomic E-state index is 0.00972. The molecule has 1 aromatic carbocycles. The van der Waals surface area contributed by atoms with Gasteiger partial charge in [-0.3, -0.25) is 0 Å². The quantitative estimate of drug-likeness (QED) is 0.291. The molecule has 4 aliphatic carbocycles. The molecule has 210 valence electrons. The summed E-state index contributed by atoms with van der Waals surface area (Å²) in [6.07, 6.45) is 17.1. The van der Waals surface area contributed by atoms with Crippen molar-refractivity contribution in [1.29, 1.82) is 0 Å². The van der Waals surface area contributed by atoms with E-state index < -0.39 is 0 Å². The molecule has 0 aromatic heterocycles. The Morgan fingerprint density at radius 1 is 1.03 bits per heavy atom. The third kappa shape index (κ3) is 4.50. The third-order valence-corrected chi connectivity index (χ3v) is 12.1. The third-order valence-electron chi connectivity index (χ3n) is 12.1. The van der Waals surface area contributed by atoms with E-state index in [9.17, 15) is 0 Å². The van der Waals surface area contributed by atoms with Crippen molar-refractivity contribution in [1.82, 2.24) is 0 Å². The van der Waals surface area contributed by atoms with Crippen molar-refractivity contribution in [2.75, 3.05) is 11.5 Å². The highest BCUT2D eigenvalue weighted by atomic mass is 16.5. The largest absolute Gasteiger partial charge is 0.487 e. The number of fused-ring (bicyclic) bond motifs is 5. The Balaban J connectivity index is 1.35. The molecule has 3 nitrogen and oxygen atoms in total. The number of hydrogen-bond donors (Lipinski definition) is 2. The first-order chi connectivity index (χ1) is 17.9. The summed E-state index contributed by atoms with van der Waals surface area (Å²) in [6.45, 7) is 17.2. The summed E-state index contributed by atoms with van der Waals surface area (Å²) >= 11 is 0. The molecular formula is C35H54N2O. The number of nitrogens with two attached hydrogens (primary N) is 2. The molecule has 8 atom stereocenters. The molecule has 5 rings (SSSR count). The highest BCUT2D eigenvalue weighted by Gasteiger charge is 2.61. The molecule has 3 saturated carbocycles. The van der Waals surface area contributed by atoms with E-state index in [2.05, 4.69) is 60.6 Å². The van der Waals surface area contributed by atoms with Crippen LogP contribution in [0.3, 0.4) is 0 Å². The number of rotatable bonds is 6. The van der Waals surface area contributed by atoms with E-state index in [-0.39, 0.29) is 16.9 Å². The molecule has 3 fully saturated rings. The molecule has 4 N–H and O–H groups in total. The number of allylic oxidation sites excluding steroid dienone is 3. The SMILES string of the molecule is CC(C)=CCC[C@@H](C)[C@H]1CC[C@H]2[C@@H]3CC=C4C(C)(C)C(Oc5ccc(N)cc5N)CC[C@]4(C)[C@H]3CC[C@]12C. The molecule has 0 spiro atoms. The van der Waals surface area contributed by atoms with Crippen molar-refractivity contribution in [3.63, 3.8) is 0 Å². The number of ether oxygens (including phenoxy) is 1. The first-order valence-electron chi connectivity index (χ1n) is 15.5. The average molecular weight is 519 g/mol. The first kappa shape index (κ1) is 27.7. The Morgan fingerprint density at radius 3 is 2.50 bits per heavy atom. The van der Waals surface area contributed by atoms with Gasteiger partial charge in [-0.05, 0) is 130 Å². The topological polar surface area (TPSA) is 61.3 Å². The Labute approximate surface area is 232 Å². The fraction of sp³-hybridized carbons (Fsp3) is 0.714. The summed E-state index contributed by atoms with van der Waals surface area (Å²) in [6, 6.07) is 5.65. The first-order valence-corrected chi connectivity index (χ1v) is 15.5. The second-order valence-electron chi connectivity index (χ2n) is 14.9. The van der Waals surface area contributed by atoms with Gasteiger partial charge in [0.05, 0.1) is 5.69 Å². The molecule has 0 bridgehead atoms. The van der Waals surface area contributed by atoms with Crippen LogP contribution in [0.2, 0.25) is 0 Å². The van der Waals surface area contributed by atoms with E-state index in [0.717, 1.165) is 41.8 Å². The van der Waals surface area contributed by atoms with Gasteiger partial charge < -0.3 is 16.2 Å². The molecule has 0 heterocycles. The zero-order chi connectivity index (χ0) is 27.5. The minimum Gasteiger partial charge on any atom is -0.487 e. The van der Waals surface area contributed by atoms with Crippen LogP contribution in [-0.4, -0.2) is 6.10 Å². The fourth-order valence-corrected chi connectivity index (χ4v) is 10.2. The van der Waals surface area contributed by atoms with E-state index in [1.807, 2.05) is 18.2 Å². The van der Waals surface area contributed by atoms with E-state index in [1.165, 1.54) is 56.9 Å². The molecule has 1 aromatic rings. The predicted molar refractivity (Wildman–Crippen MR) is 162 cm³/mol. The lowest BCUT2D eigenvalue weighted by Gasteiger charge is -2.61. The molecule has 0 saturated heterocycles. The zero-order valence-corrected chi connectivity index (χ0v) is 25.3. The molecule has 4 aliphatic rings. The maximum atomic E-state index is 6.63. The van der Waals surface area contributed by atoms with E-state index in [4.69, 9.17) is 16.2 Å². The summed E-state index contributed by atoms with van der Waals surface area (Å²) in [5.41, 5.74) is 17.5. The summed E-state index contributed by atoms with van der Waals surface area (Å²) in [4.78, 5) is 0. The van der Waals surface area contributed by atoms with Gasteiger partial charge in [0, 0.05) is 11.1 Å². The average Bonchev–Trinajstić information content (AvgIpc) is 3.19. The van der Waals surface area contributed by atoms with Gasteiger partial charge in [0.15, 0.2) is 0 Å². The van der Waals surface area contributed by atoms with E-state index in [1.54, 1.807) is 5.57 Å². The normalized spacial score (nSPS) is 38.3. The molecule has 1 unspecified atom stereocenters. The second kappa shape index (κ2) is 9.93. The molecule has 3 heteroatoms. The second-order valence-corrected chi connectivity index (χ2v) is 14.9. The van der Waals surface area contributed by atoms with Gasteiger partial charge in [-0.2, -0.15) is 0 Å². The fourth-order valence-electron chi connectivity index (χ4n) is 10.2. The van der Waals surface area contributed by atoms with Gasteiger partial charge in [-0.15, -0.1) is 0 Å². The van der Waals surface area contributed by atoms with Crippen molar-refractivity contribution in [3.05, 3.63) is 41.5 Å². The Morgan fingerprint density at radius 2 is 1.79 bits per heavy atom. The lowest BCUT2D eigenvalue weighted by atomic mass is 9.44. The van der Waals surface area contributed by atoms with Gasteiger partial charge in [0.25, 0.3) is 0 Å². The highest BCUT2D eigenvalue weighted by molar-refractivity contribution is 5.60. The summed E-state index contributed by atoms with van der Waals surface area (Å²) in [7, 11) is 0. The lowest BCUT2D eigenvalue weighted by molar-refractivity contribution is -0.0738. The maximum absolute atomic E-state index is 6.63. The molecule has 0 amide bonds. The Kier molecular flexibility index (Phi) is 7.23. The van der Waals surface area contributed by atoms with Gasteiger partial charge in [0.2, 0.25) is 0 Å². The van der Waals surface area contributed by atoms with Crippen molar-refractivity contribution in [2.45, 2.75) is 112 Å². The van der Waals surface area contributed by atoms with E-state index >= 15 is 0 Å². The molecule has 0 aliphatic heterocycles. The van der Waals surface area contributed by atoms with Crippen molar-refractivity contribution < 1.29 is 4.74 Å². The maximum Gasteiger partial charge on any atom is 0.142 e. The highest BCUT2D eigenvalue weighted by Crippen LogP contribution is 2.69. The number of anilines is 2. The minimum atomic E-state index is -0.00972. The van der Waals surface area contributed by atoms with Gasteiger partial charge >= 0.3 is 0 Å².